The molecule has 2 aromatic heterocycles. The smallest absolute Gasteiger partial charge is 0.349 e. The number of fused-ring (bicyclic) bond motifs is 1. The topological polar surface area (TPSA) is 68.3 Å². The number of nitrogens with zero attached hydrogens (tertiary/aromatic N) is 1. The van der Waals surface area contributed by atoms with E-state index in [1.807, 2.05) is 19.1 Å². The number of ether oxygens (including phenoxy) is 1. The number of aryl methyl sites for hydroxylation is 3. The van der Waals surface area contributed by atoms with E-state index >= 15 is 0 Å². The summed E-state index contributed by atoms with van der Waals surface area (Å²) in [4.78, 5) is 30.4. The van der Waals surface area contributed by atoms with Crippen LogP contribution in [-0.2, 0) is 22.4 Å². The van der Waals surface area contributed by atoms with E-state index in [1.165, 1.54) is 34.6 Å². The van der Waals surface area contributed by atoms with Crippen LogP contribution in [0.1, 0.15) is 45.4 Å². The van der Waals surface area contributed by atoms with Crippen molar-refractivity contribution in [3.05, 3.63) is 45.3 Å². The number of anilines is 1. The van der Waals surface area contributed by atoms with Crippen molar-refractivity contribution in [3.63, 3.8) is 0 Å². The summed E-state index contributed by atoms with van der Waals surface area (Å²) in [6.07, 6.45) is 5.18. The summed E-state index contributed by atoms with van der Waals surface area (Å²) < 4.78 is 5.30. The van der Waals surface area contributed by atoms with Crippen molar-refractivity contribution in [1.82, 2.24) is 4.98 Å². The van der Waals surface area contributed by atoms with E-state index in [2.05, 4.69) is 10.3 Å². The zero-order valence-corrected chi connectivity index (χ0v) is 14.6. The van der Waals surface area contributed by atoms with Gasteiger partial charge in [-0.3, -0.25) is 4.79 Å². The van der Waals surface area contributed by atoms with E-state index in [9.17, 15) is 9.59 Å². The number of aromatic nitrogens is 1. The number of carbonyl (C=O) groups excluding carboxylic acids is 2. The minimum atomic E-state index is -0.875. The lowest BCUT2D eigenvalue weighted by Crippen LogP contribution is -2.30. The van der Waals surface area contributed by atoms with E-state index in [0.717, 1.165) is 18.4 Å². The van der Waals surface area contributed by atoms with Gasteiger partial charge in [-0.1, -0.05) is 6.07 Å². The van der Waals surface area contributed by atoms with E-state index in [4.69, 9.17) is 4.74 Å². The molecule has 0 saturated heterocycles. The molecule has 0 fully saturated rings. The molecule has 1 unspecified atom stereocenters. The highest BCUT2D eigenvalue weighted by Gasteiger charge is 2.23. The molecule has 5 nitrogen and oxygen atoms in total. The van der Waals surface area contributed by atoms with Crippen molar-refractivity contribution < 1.29 is 14.3 Å². The number of esters is 1. The molecule has 1 aliphatic rings. The van der Waals surface area contributed by atoms with Crippen molar-refractivity contribution in [2.45, 2.75) is 45.6 Å². The Morgan fingerprint density at radius 2 is 2.08 bits per heavy atom. The van der Waals surface area contributed by atoms with Crippen LogP contribution in [0, 0.1) is 6.92 Å². The average Bonchev–Trinajstić information content (AvgIpc) is 3.01. The van der Waals surface area contributed by atoms with Gasteiger partial charge >= 0.3 is 5.97 Å². The summed E-state index contributed by atoms with van der Waals surface area (Å²) in [6.45, 7) is 3.48. The van der Waals surface area contributed by atoms with Gasteiger partial charge in [0, 0.05) is 11.1 Å². The van der Waals surface area contributed by atoms with Crippen LogP contribution in [0.25, 0.3) is 0 Å². The molecule has 2 aromatic rings. The highest BCUT2D eigenvalue weighted by Crippen LogP contribution is 2.30. The first kappa shape index (κ1) is 16.6. The Labute approximate surface area is 145 Å². The molecule has 6 heteroatoms. The lowest BCUT2D eigenvalue weighted by Gasteiger charge is -2.12. The Kier molecular flexibility index (Phi) is 4.94. The molecule has 1 amide bonds. The minimum Gasteiger partial charge on any atom is -0.448 e. The van der Waals surface area contributed by atoms with Crippen LogP contribution in [0.3, 0.4) is 0 Å². The Hall–Kier alpha value is -2.21. The maximum absolute atomic E-state index is 12.3. The van der Waals surface area contributed by atoms with E-state index in [0.29, 0.717) is 10.7 Å². The van der Waals surface area contributed by atoms with Crippen molar-refractivity contribution in [3.8, 4) is 0 Å². The first-order valence-corrected chi connectivity index (χ1v) is 8.90. The molecule has 0 aromatic carbocycles. The molecular formula is C18H20N2O3S. The van der Waals surface area contributed by atoms with Crippen LogP contribution in [0.2, 0.25) is 0 Å². The van der Waals surface area contributed by atoms with Gasteiger partial charge in [-0.2, -0.15) is 0 Å². The predicted molar refractivity (Wildman–Crippen MR) is 93.4 cm³/mol. The lowest BCUT2D eigenvalue weighted by atomic mass is 9.99. The van der Waals surface area contributed by atoms with Gasteiger partial charge in [-0.25, -0.2) is 9.78 Å². The van der Waals surface area contributed by atoms with E-state index in [-0.39, 0.29) is 5.91 Å². The Morgan fingerprint density at radius 1 is 1.29 bits per heavy atom. The number of nitrogens with one attached hydrogen (secondary N) is 1. The molecule has 24 heavy (non-hydrogen) atoms. The second kappa shape index (κ2) is 7.13. The summed E-state index contributed by atoms with van der Waals surface area (Å²) >= 11 is 1.48. The number of rotatable bonds is 4. The molecule has 126 valence electrons. The first-order chi connectivity index (χ1) is 11.5. The zero-order chi connectivity index (χ0) is 17.1. The number of hydrogen-bond donors (Lipinski definition) is 1. The van der Waals surface area contributed by atoms with Crippen LogP contribution >= 0.6 is 11.3 Å². The number of carbonyl (C=O) groups is 2. The monoisotopic (exact) mass is 344 g/mol. The van der Waals surface area contributed by atoms with E-state index in [1.54, 1.807) is 19.2 Å². The zero-order valence-electron chi connectivity index (χ0n) is 13.8. The molecule has 0 aliphatic heterocycles. The third-order valence-electron chi connectivity index (χ3n) is 4.01. The van der Waals surface area contributed by atoms with E-state index < -0.39 is 12.1 Å². The fraction of sp³-hybridized carbons (Fsp3) is 0.389. The number of thiophene rings is 1. The highest BCUT2D eigenvalue weighted by molar-refractivity contribution is 7.14. The molecule has 2 heterocycles. The normalized spacial score (nSPS) is 14.6. The van der Waals surface area contributed by atoms with Crippen molar-refractivity contribution >= 4 is 29.0 Å². The number of pyridine rings is 1. The maximum atomic E-state index is 12.3. The van der Waals surface area contributed by atoms with Gasteiger partial charge in [0.05, 0.1) is 0 Å². The second-order valence-electron chi connectivity index (χ2n) is 6.02. The summed E-state index contributed by atoms with van der Waals surface area (Å²) in [5, 5.41) is 2.65. The van der Waals surface area contributed by atoms with Gasteiger partial charge in [0.15, 0.2) is 6.10 Å². The van der Waals surface area contributed by atoms with Crippen LogP contribution in [-0.4, -0.2) is 23.0 Å². The standard InChI is InChI=1S/C18H20N2O3S/c1-11-7-8-16(19-10-11)20-17(21)12(2)23-18(22)15-9-13-5-3-4-6-14(13)24-15/h7-10,12H,3-6H2,1-2H3,(H,19,20,21). The second-order valence-corrected chi connectivity index (χ2v) is 7.16. The van der Waals surface area contributed by atoms with Gasteiger partial charge in [0.25, 0.3) is 5.91 Å². The third kappa shape index (κ3) is 3.82. The molecule has 0 saturated carbocycles. The predicted octanol–water partition coefficient (Wildman–Crippen LogP) is 3.51. The summed E-state index contributed by atoms with van der Waals surface area (Å²) in [7, 11) is 0. The van der Waals surface area contributed by atoms with Gasteiger partial charge in [-0.15, -0.1) is 11.3 Å². The third-order valence-corrected chi connectivity index (χ3v) is 5.23. The first-order valence-electron chi connectivity index (χ1n) is 8.09. The fourth-order valence-corrected chi connectivity index (χ4v) is 3.77. The van der Waals surface area contributed by atoms with Crippen LogP contribution in [0.5, 0.6) is 0 Å². The molecule has 1 aliphatic carbocycles. The number of amides is 1. The van der Waals surface area contributed by atoms with Crippen LogP contribution < -0.4 is 5.32 Å². The summed E-state index contributed by atoms with van der Waals surface area (Å²) in [5.41, 5.74) is 2.26. The van der Waals surface area contributed by atoms with Crippen molar-refractivity contribution in [1.29, 1.82) is 0 Å². The van der Waals surface area contributed by atoms with Gasteiger partial charge in [-0.05, 0) is 62.8 Å². The Bertz CT molecular complexity index is 729. The van der Waals surface area contributed by atoms with Gasteiger partial charge in [0.1, 0.15) is 10.7 Å². The summed E-state index contributed by atoms with van der Waals surface area (Å²) in [6, 6.07) is 5.48. The average molecular weight is 344 g/mol. The lowest BCUT2D eigenvalue weighted by molar-refractivity contribution is -0.123. The molecule has 0 bridgehead atoms. The quantitative estimate of drug-likeness (QED) is 0.862. The SMILES string of the molecule is Cc1ccc(NC(=O)C(C)OC(=O)c2cc3c(s2)CCCC3)nc1. The van der Waals surface area contributed by atoms with Crippen LogP contribution in [0.15, 0.2) is 24.4 Å². The van der Waals surface area contributed by atoms with Gasteiger partial charge < -0.3 is 10.1 Å². The largest absolute Gasteiger partial charge is 0.448 e. The molecule has 0 spiro atoms. The van der Waals surface area contributed by atoms with Crippen molar-refractivity contribution in [2.75, 3.05) is 5.32 Å². The Balaban J connectivity index is 1.60. The molecule has 0 radical (unpaired) electrons. The van der Waals surface area contributed by atoms with Crippen LogP contribution in [0.4, 0.5) is 5.82 Å². The Morgan fingerprint density at radius 3 is 2.79 bits per heavy atom. The highest BCUT2D eigenvalue weighted by atomic mass is 32.1. The van der Waals surface area contributed by atoms with Gasteiger partial charge in [0.2, 0.25) is 0 Å². The number of hydrogen-bond acceptors (Lipinski definition) is 5. The molecule has 1 N–H and O–H groups in total. The molecule has 1 atom stereocenters. The minimum absolute atomic E-state index is 0.388. The van der Waals surface area contributed by atoms with Crippen molar-refractivity contribution in [2.24, 2.45) is 0 Å². The maximum Gasteiger partial charge on any atom is 0.349 e. The fourth-order valence-electron chi connectivity index (χ4n) is 2.63. The molecule has 3 rings (SSSR count). The molecular weight excluding hydrogens is 324 g/mol. The summed E-state index contributed by atoms with van der Waals surface area (Å²) in [5.74, 6) is -0.380.